The normalized spacial score (nSPS) is 11.8. The smallest absolute Gasteiger partial charge is 0.251 e. The number of guanidine groups is 1. The van der Waals surface area contributed by atoms with Crippen LogP contribution in [0.1, 0.15) is 49.2 Å². The maximum Gasteiger partial charge on any atom is 0.251 e. The van der Waals surface area contributed by atoms with E-state index >= 15 is 0 Å². The van der Waals surface area contributed by atoms with Gasteiger partial charge < -0.3 is 16.0 Å². The minimum atomic E-state index is -0.271. The van der Waals surface area contributed by atoms with Crippen molar-refractivity contribution < 1.29 is 4.79 Å². The van der Waals surface area contributed by atoms with Gasteiger partial charge in [0.15, 0.2) is 5.96 Å². The van der Waals surface area contributed by atoms with Crippen molar-refractivity contribution in [3.05, 3.63) is 64.4 Å². The minimum absolute atomic E-state index is 0.0788. The van der Waals surface area contributed by atoms with Crippen LogP contribution in [0, 0.1) is 0 Å². The molecule has 29 heavy (non-hydrogen) atoms. The topological polar surface area (TPSA) is 78.4 Å². The molecule has 0 radical (unpaired) electrons. The van der Waals surface area contributed by atoms with Crippen molar-refractivity contribution in [2.24, 2.45) is 4.99 Å². The second-order valence-electron chi connectivity index (χ2n) is 7.77. The van der Waals surface area contributed by atoms with Crippen LogP contribution < -0.4 is 16.0 Å². The molecule has 0 saturated carbocycles. The molecule has 0 aliphatic rings. The first-order chi connectivity index (χ1) is 13.8. The van der Waals surface area contributed by atoms with E-state index in [0.717, 1.165) is 36.6 Å². The molecule has 0 fully saturated rings. The summed E-state index contributed by atoms with van der Waals surface area (Å²) in [7, 11) is 0. The molecule has 7 heteroatoms. The number of halogens is 1. The molecule has 1 aromatic heterocycles. The van der Waals surface area contributed by atoms with Crippen LogP contribution in [-0.4, -0.2) is 35.5 Å². The molecule has 0 aliphatic heterocycles. The molecule has 0 aliphatic carbocycles. The Labute approximate surface area is 178 Å². The highest BCUT2D eigenvalue weighted by molar-refractivity contribution is 6.29. The van der Waals surface area contributed by atoms with Gasteiger partial charge in [0.25, 0.3) is 5.91 Å². The lowest BCUT2D eigenvalue weighted by Crippen LogP contribution is -2.40. The highest BCUT2D eigenvalue weighted by Crippen LogP contribution is 2.09. The van der Waals surface area contributed by atoms with Crippen molar-refractivity contribution in [1.82, 2.24) is 20.9 Å². The summed E-state index contributed by atoms with van der Waals surface area (Å²) < 4.78 is 0. The van der Waals surface area contributed by atoms with Gasteiger partial charge in [0.05, 0.1) is 6.54 Å². The molecule has 156 valence electrons. The predicted molar refractivity (Wildman–Crippen MR) is 119 cm³/mol. The van der Waals surface area contributed by atoms with Crippen LogP contribution in [0.25, 0.3) is 0 Å². The molecule has 3 N–H and O–H groups in total. The van der Waals surface area contributed by atoms with E-state index in [1.54, 1.807) is 12.3 Å². The summed E-state index contributed by atoms with van der Waals surface area (Å²) in [5.41, 5.74) is 2.45. The van der Waals surface area contributed by atoms with Gasteiger partial charge in [-0.2, -0.15) is 0 Å². The SMILES string of the molecule is CCNC(=NCc1cccc(C(=O)NC(C)(C)C)c1)NCCc1ccc(Cl)nc1. The molecule has 1 heterocycles. The first-order valence-corrected chi connectivity index (χ1v) is 10.2. The van der Waals surface area contributed by atoms with Crippen LogP contribution in [0.4, 0.5) is 0 Å². The molecule has 6 nitrogen and oxygen atoms in total. The zero-order chi connectivity index (χ0) is 21.3. The second-order valence-corrected chi connectivity index (χ2v) is 8.15. The Kier molecular flexibility index (Phi) is 8.46. The van der Waals surface area contributed by atoms with Gasteiger partial charge in [-0.25, -0.2) is 9.98 Å². The monoisotopic (exact) mass is 415 g/mol. The van der Waals surface area contributed by atoms with E-state index in [-0.39, 0.29) is 11.4 Å². The van der Waals surface area contributed by atoms with E-state index in [0.29, 0.717) is 17.3 Å². The Morgan fingerprint density at radius 2 is 1.93 bits per heavy atom. The van der Waals surface area contributed by atoms with E-state index in [4.69, 9.17) is 11.6 Å². The molecular formula is C22H30ClN5O. The summed E-state index contributed by atoms with van der Waals surface area (Å²) in [6.07, 6.45) is 2.60. The lowest BCUT2D eigenvalue weighted by Gasteiger charge is -2.20. The predicted octanol–water partition coefficient (Wildman–Crippen LogP) is 3.56. The van der Waals surface area contributed by atoms with Crippen LogP contribution in [0.5, 0.6) is 0 Å². The first-order valence-electron chi connectivity index (χ1n) is 9.81. The molecule has 0 bridgehead atoms. The fourth-order valence-electron chi connectivity index (χ4n) is 2.62. The Balaban J connectivity index is 1.95. The van der Waals surface area contributed by atoms with Crippen LogP contribution in [-0.2, 0) is 13.0 Å². The lowest BCUT2D eigenvalue weighted by molar-refractivity contribution is 0.0919. The van der Waals surface area contributed by atoms with Crippen molar-refractivity contribution in [1.29, 1.82) is 0 Å². The average molecular weight is 416 g/mol. The minimum Gasteiger partial charge on any atom is -0.357 e. The number of aromatic nitrogens is 1. The van der Waals surface area contributed by atoms with Gasteiger partial charge in [0, 0.05) is 30.4 Å². The molecule has 1 amide bonds. The van der Waals surface area contributed by atoms with Gasteiger partial charge in [-0.15, -0.1) is 0 Å². The fourth-order valence-corrected chi connectivity index (χ4v) is 2.73. The zero-order valence-electron chi connectivity index (χ0n) is 17.6. The number of carbonyl (C=O) groups excluding carboxylic acids is 1. The first kappa shape index (κ1) is 22.7. The quantitative estimate of drug-likeness (QED) is 0.367. The van der Waals surface area contributed by atoms with E-state index < -0.39 is 0 Å². The summed E-state index contributed by atoms with van der Waals surface area (Å²) in [6.45, 7) is 9.90. The van der Waals surface area contributed by atoms with E-state index in [1.165, 1.54) is 0 Å². The van der Waals surface area contributed by atoms with Crippen LogP contribution in [0.15, 0.2) is 47.6 Å². The Morgan fingerprint density at radius 3 is 2.59 bits per heavy atom. The molecule has 0 atom stereocenters. The molecule has 2 aromatic rings. The van der Waals surface area contributed by atoms with Crippen molar-refractivity contribution in [2.75, 3.05) is 13.1 Å². The van der Waals surface area contributed by atoms with Crippen molar-refractivity contribution in [3.63, 3.8) is 0 Å². The largest absolute Gasteiger partial charge is 0.357 e. The summed E-state index contributed by atoms with van der Waals surface area (Å²) in [5, 5.41) is 10.0. The van der Waals surface area contributed by atoms with Gasteiger partial charge in [-0.3, -0.25) is 4.79 Å². The molecule has 1 aromatic carbocycles. The van der Waals surface area contributed by atoms with Gasteiger partial charge in [0.1, 0.15) is 5.15 Å². The Morgan fingerprint density at radius 1 is 1.14 bits per heavy atom. The number of amides is 1. The van der Waals surface area contributed by atoms with Crippen LogP contribution >= 0.6 is 11.6 Å². The maximum atomic E-state index is 12.4. The van der Waals surface area contributed by atoms with Gasteiger partial charge >= 0.3 is 0 Å². The number of aliphatic imine (C=N–C) groups is 1. The number of nitrogens with one attached hydrogen (secondary N) is 3. The molecule has 0 spiro atoms. The van der Waals surface area contributed by atoms with Crippen LogP contribution in [0.3, 0.4) is 0 Å². The third-order valence-corrected chi connectivity index (χ3v) is 4.16. The zero-order valence-corrected chi connectivity index (χ0v) is 18.3. The Hall–Kier alpha value is -2.60. The number of carbonyl (C=O) groups is 1. The number of rotatable bonds is 7. The standard InChI is InChI=1S/C22H30ClN5O/c1-5-24-21(25-12-11-16-9-10-19(23)26-14-16)27-15-17-7-6-8-18(13-17)20(29)28-22(2,3)4/h6-10,13-14H,5,11-12,15H2,1-4H3,(H,28,29)(H2,24,25,27). The number of benzene rings is 1. The second kappa shape index (κ2) is 10.8. The fraction of sp³-hybridized carbons (Fsp3) is 0.409. The summed E-state index contributed by atoms with van der Waals surface area (Å²) >= 11 is 5.82. The highest BCUT2D eigenvalue weighted by atomic mass is 35.5. The molecule has 2 rings (SSSR count). The van der Waals surface area contributed by atoms with Gasteiger partial charge in [0.2, 0.25) is 0 Å². The number of hydrogen-bond acceptors (Lipinski definition) is 3. The lowest BCUT2D eigenvalue weighted by atomic mass is 10.1. The summed E-state index contributed by atoms with van der Waals surface area (Å²) in [5.74, 6) is 0.656. The maximum absolute atomic E-state index is 12.4. The van der Waals surface area contributed by atoms with Crippen LogP contribution in [0.2, 0.25) is 5.15 Å². The van der Waals surface area contributed by atoms with E-state index in [9.17, 15) is 4.79 Å². The molecule has 0 unspecified atom stereocenters. The van der Waals surface area contributed by atoms with Crippen molar-refractivity contribution >= 4 is 23.5 Å². The van der Waals surface area contributed by atoms with Gasteiger partial charge in [-0.05, 0) is 63.4 Å². The molecular weight excluding hydrogens is 386 g/mol. The van der Waals surface area contributed by atoms with Crippen molar-refractivity contribution in [2.45, 2.75) is 46.2 Å². The third-order valence-electron chi connectivity index (χ3n) is 3.94. The molecule has 0 saturated heterocycles. The summed E-state index contributed by atoms with van der Waals surface area (Å²) in [4.78, 5) is 21.1. The number of nitrogens with zero attached hydrogens (tertiary/aromatic N) is 2. The van der Waals surface area contributed by atoms with Crippen molar-refractivity contribution in [3.8, 4) is 0 Å². The summed E-state index contributed by atoms with van der Waals surface area (Å²) in [6, 6.07) is 11.3. The number of hydrogen-bond donors (Lipinski definition) is 3. The number of pyridine rings is 1. The Bertz CT molecular complexity index is 828. The van der Waals surface area contributed by atoms with E-state index in [2.05, 4.69) is 25.9 Å². The third kappa shape index (κ3) is 8.52. The van der Waals surface area contributed by atoms with Gasteiger partial charge in [-0.1, -0.05) is 29.8 Å². The van der Waals surface area contributed by atoms with E-state index in [1.807, 2.05) is 58.0 Å². The average Bonchev–Trinajstić information content (AvgIpc) is 2.66. The highest BCUT2D eigenvalue weighted by Gasteiger charge is 2.15.